The maximum absolute atomic E-state index is 12.6. The van der Waals surface area contributed by atoms with Gasteiger partial charge in [0, 0.05) is 12.1 Å². The first kappa shape index (κ1) is 20.7. The molecular formula is C21H29N3O3S. The zero-order valence-electron chi connectivity index (χ0n) is 17.1. The zero-order chi connectivity index (χ0) is 20.1. The average Bonchev–Trinajstić information content (AvgIpc) is 3.13. The van der Waals surface area contributed by atoms with Gasteiger partial charge in [-0.05, 0) is 56.7 Å². The van der Waals surface area contributed by atoms with Crippen molar-refractivity contribution in [2.24, 2.45) is 0 Å². The standard InChI is InChI=1S/C21H29N3O3S/c1-14(2)17-8-10-18(11-9-17)26-12-19-22-23-21(27-19)28-13-20(25)24-15(3)6-5-7-16(24)4/h8-11,14-16H,5-7,12-13H2,1-4H3/t15-,16-/m1/s1. The lowest BCUT2D eigenvalue weighted by atomic mass is 9.98. The van der Waals surface area contributed by atoms with Gasteiger partial charge in [0.1, 0.15) is 5.75 Å². The highest BCUT2D eigenvalue weighted by molar-refractivity contribution is 7.99. The summed E-state index contributed by atoms with van der Waals surface area (Å²) in [6.07, 6.45) is 3.33. The second-order valence-corrected chi connectivity index (χ2v) is 8.62. The van der Waals surface area contributed by atoms with Gasteiger partial charge in [-0.25, -0.2) is 0 Å². The molecule has 0 N–H and O–H groups in total. The van der Waals surface area contributed by atoms with Gasteiger partial charge in [-0.15, -0.1) is 10.2 Å². The summed E-state index contributed by atoms with van der Waals surface area (Å²) in [6, 6.07) is 8.60. The maximum atomic E-state index is 12.6. The van der Waals surface area contributed by atoms with Gasteiger partial charge < -0.3 is 14.1 Å². The van der Waals surface area contributed by atoms with Crippen molar-refractivity contribution in [3.63, 3.8) is 0 Å². The van der Waals surface area contributed by atoms with Crippen LogP contribution in [0.25, 0.3) is 0 Å². The van der Waals surface area contributed by atoms with Crippen LogP contribution in [-0.4, -0.2) is 38.8 Å². The third-order valence-electron chi connectivity index (χ3n) is 5.16. The first-order valence-corrected chi connectivity index (χ1v) is 10.9. The molecule has 1 amide bonds. The Kier molecular flexibility index (Phi) is 6.99. The van der Waals surface area contributed by atoms with Crippen molar-refractivity contribution >= 4 is 17.7 Å². The summed E-state index contributed by atoms with van der Waals surface area (Å²) in [4.78, 5) is 14.6. The number of benzene rings is 1. The molecule has 6 nitrogen and oxygen atoms in total. The number of thioether (sulfide) groups is 1. The Morgan fingerprint density at radius 3 is 2.54 bits per heavy atom. The minimum absolute atomic E-state index is 0.131. The van der Waals surface area contributed by atoms with Crippen molar-refractivity contribution in [3.8, 4) is 5.75 Å². The predicted octanol–water partition coefficient (Wildman–Crippen LogP) is 4.65. The molecule has 0 radical (unpaired) electrons. The summed E-state index contributed by atoms with van der Waals surface area (Å²) in [5.74, 6) is 2.10. The van der Waals surface area contributed by atoms with E-state index in [0.717, 1.165) is 18.6 Å². The molecule has 0 bridgehead atoms. The van der Waals surface area contributed by atoms with Crippen LogP contribution in [0, 0.1) is 0 Å². The molecule has 1 aromatic heterocycles. The number of piperidine rings is 1. The van der Waals surface area contributed by atoms with Crippen molar-refractivity contribution in [3.05, 3.63) is 35.7 Å². The van der Waals surface area contributed by atoms with E-state index in [0.29, 0.717) is 34.9 Å². The number of carbonyl (C=O) groups excluding carboxylic acids is 1. The van der Waals surface area contributed by atoms with Crippen LogP contribution in [0.4, 0.5) is 0 Å². The highest BCUT2D eigenvalue weighted by Gasteiger charge is 2.29. The molecule has 2 atom stereocenters. The van der Waals surface area contributed by atoms with E-state index in [1.807, 2.05) is 17.0 Å². The Labute approximate surface area is 171 Å². The maximum Gasteiger partial charge on any atom is 0.277 e. The smallest absolute Gasteiger partial charge is 0.277 e. The fourth-order valence-corrected chi connectivity index (χ4v) is 4.21. The second-order valence-electron chi connectivity index (χ2n) is 7.69. The number of aromatic nitrogens is 2. The van der Waals surface area contributed by atoms with Crippen LogP contribution in [0.2, 0.25) is 0 Å². The SMILES string of the molecule is CC(C)c1ccc(OCc2nnc(SCC(=O)N3[C@H](C)CCC[C@H]3C)o2)cc1. The van der Waals surface area contributed by atoms with E-state index < -0.39 is 0 Å². The van der Waals surface area contributed by atoms with Gasteiger partial charge in [-0.2, -0.15) is 0 Å². The van der Waals surface area contributed by atoms with Crippen molar-refractivity contribution < 1.29 is 13.9 Å². The fraction of sp³-hybridized carbons (Fsp3) is 0.571. The molecular weight excluding hydrogens is 374 g/mol. The Bertz CT molecular complexity index is 765. The molecule has 1 fully saturated rings. The number of likely N-dealkylation sites (tertiary alicyclic amines) is 1. The molecule has 1 saturated heterocycles. The van der Waals surface area contributed by atoms with Crippen molar-refractivity contribution in [1.29, 1.82) is 0 Å². The van der Waals surface area contributed by atoms with E-state index >= 15 is 0 Å². The molecule has 1 aliphatic heterocycles. The van der Waals surface area contributed by atoms with E-state index in [1.54, 1.807) is 0 Å². The van der Waals surface area contributed by atoms with Crippen LogP contribution in [0.15, 0.2) is 33.9 Å². The van der Waals surface area contributed by atoms with Gasteiger partial charge in [0.2, 0.25) is 5.91 Å². The molecule has 28 heavy (non-hydrogen) atoms. The Morgan fingerprint density at radius 1 is 1.21 bits per heavy atom. The number of nitrogens with zero attached hydrogens (tertiary/aromatic N) is 3. The molecule has 0 aliphatic carbocycles. The molecule has 0 saturated carbocycles. The highest BCUT2D eigenvalue weighted by Crippen LogP contribution is 2.25. The monoisotopic (exact) mass is 403 g/mol. The summed E-state index contributed by atoms with van der Waals surface area (Å²) in [6.45, 7) is 8.76. The predicted molar refractivity (Wildman–Crippen MR) is 110 cm³/mol. The van der Waals surface area contributed by atoms with E-state index in [-0.39, 0.29) is 12.5 Å². The van der Waals surface area contributed by atoms with Crippen LogP contribution in [0.1, 0.15) is 64.3 Å². The molecule has 2 heterocycles. The van der Waals surface area contributed by atoms with Gasteiger partial charge in [0.05, 0.1) is 5.75 Å². The van der Waals surface area contributed by atoms with Crippen molar-refractivity contribution in [1.82, 2.24) is 15.1 Å². The molecule has 0 spiro atoms. The number of carbonyl (C=O) groups is 1. The summed E-state index contributed by atoms with van der Waals surface area (Å²) >= 11 is 1.29. The first-order valence-electron chi connectivity index (χ1n) is 9.93. The molecule has 1 aromatic carbocycles. The van der Waals surface area contributed by atoms with Gasteiger partial charge in [0.15, 0.2) is 6.61 Å². The van der Waals surface area contributed by atoms with E-state index in [4.69, 9.17) is 9.15 Å². The number of hydrogen-bond acceptors (Lipinski definition) is 6. The third-order valence-corrected chi connectivity index (χ3v) is 5.96. The van der Waals surface area contributed by atoms with Gasteiger partial charge in [0.25, 0.3) is 11.1 Å². The van der Waals surface area contributed by atoms with Crippen LogP contribution in [0.3, 0.4) is 0 Å². The largest absolute Gasteiger partial charge is 0.484 e. The number of ether oxygens (including phenoxy) is 1. The lowest BCUT2D eigenvalue weighted by Crippen LogP contribution is -2.48. The first-order chi connectivity index (χ1) is 13.4. The van der Waals surface area contributed by atoms with E-state index in [9.17, 15) is 4.79 Å². The van der Waals surface area contributed by atoms with Gasteiger partial charge >= 0.3 is 0 Å². The van der Waals surface area contributed by atoms with E-state index in [1.165, 1.54) is 23.7 Å². The van der Waals surface area contributed by atoms with Gasteiger partial charge in [-0.1, -0.05) is 37.7 Å². The fourth-order valence-electron chi connectivity index (χ4n) is 3.56. The summed E-state index contributed by atoms with van der Waals surface area (Å²) in [7, 11) is 0. The average molecular weight is 404 g/mol. The molecule has 0 unspecified atom stereocenters. The number of rotatable bonds is 7. The van der Waals surface area contributed by atoms with Crippen LogP contribution in [0.5, 0.6) is 5.75 Å². The molecule has 3 rings (SSSR count). The Morgan fingerprint density at radius 2 is 1.89 bits per heavy atom. The minimum atomic E-state index is 0.131. The summed E-state index contributed by atoms with van der Waals surface area (Å²) in [5, 5.41) is 8.43. The Hall–Kier alpha value is -2.02. The Balaban J connectivity index is 1.48. The lowest BCUT2D eigenvalue weighted by molar-refractivity contribution is -0.134. The van der Waals surface area contributed by atoms with Crippen LogP contribution in [-0.2, 0) is 11.4 Å². The topological polar surface area (TPSA) is 68.5 Å². The summed E-state index contributed by atoms with van der Waals surface area (Å²) < 4.78 is 11.3. The summed E-state index contributed by atoms with van der Waals surface area (Å²) in [5.41, 5.74) is 1.27. The number of hydrogen-bond donors (Lipinski definition) is 0. The molecule has 1 aliphatic rings. The van der Waals surface area contributed by atoms with Gasteiger partial charge in [-0.3, -0.25) is 4.79 Å². The third kappa shape index (κ3) is 5.28. The lowest BCUT2D eigenvalue weighted by Gasteiger charge is -2.39. The van der Waals surface area contributed by atoms with Crippen molar-refractivity contribution in [2.75, 3.05) is 5.75 Å². The highest BCUT2D eigenvalue weighted by atomic mass is 32.2. The molecule has 2 aromatic rings. The molecule has 152 valence electrons. The van der Waals surface area contributed by atoms with E-state index in [2.05, 4.69) is 50.0 Å². The van der Waals surface area contributed by atoms with Crippen LogP contribution >= 0.6 is 11.8 Å². The van der Waals surface area contributed by atoms with Crippen molar-refractivity contribution in [2.45, 2.75) is 76.8 Å². The van der Waals surface area contributed by atoms with Crippen LogP contribution < -0.4 is 4.74 Å². The zero-order valence-corrected chi connectivity index (χ0v) is 17.9. The quantitative estimate of drug-likeness (QED) is 0.627. The minimum Gasteiger partial charge on any atom is -0.484 e. The number of amides is 1. The second kappa shape index (κ2) is 9.45. The molecule has 7 heteroatoms. The normalized spacial score (nSPS) is 19.8.